The number of rotatable bonds is 5. The van der Waals surface area contributed by atoms with Crippen LogP contribution in [0.5, 0.6) is 0 Å². The van der Waals surface area contributed by atoms with E-state index in [0.29, 0.717) is 28.8 Å². The van der Waals surface area contributed by atoms with E-state index in [1.807, 2.05) is 30.3 Å². The lowest BCUT2D eigenvalue weighted by molar-refractivity contribution is -0.116. The quantitative estimate of drug-likeness (QED) is 0.747. The third-order valence-electron chi connectivity index (χ3n) is 3.49. The van der Waals surface area contributed by atoms with Gasteiger partial charge < -0.3 is 5.32 Å². The van der Waals surface area contributed by atoms with Crippen molar-refractivity contribution in [2.24, 2.45) is 0 Å². The molecule has 0 heterocycles. The molecule has 116 valence electrons. The summed E-state index contributed by atoms with van der Waals surface area (Å²) in [5, 5.41) is 3.95. The number of hydrogen-bond acceptors (Lipinski definition) is 1. The summed E-state index contributed by atoms with van der Waals surface area (Å²) in [6.07, 6.45) is 1.04. The van der Waals surface area contributed by atoms with Gasteiger partial charge in [0, 0.05) is 12.1 Å². The Bertz CT molecular complexity index is 651. The normalized spacial score (nSPS) is 10.8. The maximum atomic E-state index is 12.0. The zero-order chi connectivity index (χ0) is 16.1. The number of carbonyl (C=O) groups is 1. The fraction of sp³-hybridized carbons (Fsp3) is 0.278. The Balaban J connectivity index is 1.88. The van der Waals surface area contributed by atoms with Crippen molar-refractivity contribution in [2.75, 3.05) is 5.32 Å². The zero-order valence-electron chi connectivity index (χ0n) is 12.7. The van der Waals surface area contributed by atoms with Crippen molar-refractivity contribution >= 4 is 34.8 Å². The third kappa shape index (κ3) is 4.75. The van der Waals surface area contributed by atoms with Crippen molar-refractivity contribution in [3.05, 3.63) is 63.6 Å². The second kappa shape index (κ2) is 7.66. The molecule has 2 rings (SSSR count). The molecule has 2 nitrogen and oxygen atoms in total. The predicted molar refractivity (Wildman–Crippen MR) is 93.9 cm³/mol. The molecule has 0 aromatic heterocycles. The highest BCUT2D eigenvalue weighted by Gasteiger charge is 2.06. The number of anilines is 1. The predicted octanol–water partition coefficient (Wildman–Crippen LogP) is 5.69. The van der Waals surface area contributed by atoms with Crippen molar-refractivity contribution < 1.29 is 4.79 Å². The molecule has 0 aliphatic rings. The van der Waals surface area contributed by atoms with Gasteiger partial charge >= 0.3 is 0 Å². The SMILES string of the molecule is CC(C)c1ccc(NC(=O)CCc2ccc(Cl)c(Cl)c2)cc1. The number of amides is 1. The van der Waals surface area contributed by atoms with Gasteiger partial charge in [-0.2, -0.15) is 0 Å². The summed E-state index contributed by atoms with van der Waals surface area (Å²) in [7, 11) is 0. The van der Waals surface area contributed by atoms with Gasteiger partial charge in [-0.1, -0.05) is 55.2 Å². The van der Waals surface area contributed by atoms with E-state index in [0.717, 1.165) is 11.3 Å². The molecule has 0 spiro atoms. The summed E-state index contributed by atoms with van der Waals surface area (Å²) >= 11 is 11.8. The highest BCUT2D eigenvalue weighted by Crippen LogP contribution is 2.23. The molecule has 0 unspecified atom stereocenters. The average Bonchev–Trinajstić information content (AvgIpc) is 2.49. The molecule has 0 radical (unpaired) electrons. The molecule has 22 heavy (non-hydrogen) atoms. The summed E-state index contributed by atoms with van der Waals surface area (Å²) in [6, 6.07) is 13.4. The molecule has 0 aliphatic carbocycles. The Morgan fingerprint density at radius 3 is 2.32 bits per heavy atom. The first-order valence-corrected chi connectivity index (χ1v) is 8.05. The smallest absolute Gasteiger partial charge is 0.224 e. The molecule has 1 amide bonds. The second-order valence-corrected chi connectivity index (χ2v) is 6.39. The molecule has 1 N–H and O–H groups in total. The van der Waals surface area contributed by atoms with Crippen LogP contribution in [0.4, 0.5) is 5.69 Å². The third-order valence-corrected chi connectivity index (χ3v) is 4.22. The van der Waals surface area contributed by atoms with E-state index in [9.17, 15) is 4.79 Å². The van der Waals surface area contributed by atoms with Gasteiger partial charge in [-0.3, -0.25) is 4.79 Å². The van der Waals surface area contributed by atoms with Crippen molar-refractivity contribution in [2.45, 2.75) is 32.6 Å². The van der Waals surface area contributed by atoms with E-state index in [1.165, 1.54) is 5.56 Å². The summed E-state index contributed by atoms with van der Waals surface area (Å²) < 4.78 is 0. The summed E-state index contributed by atoms with van der Waals surface area (Å²) in [5.74, 6) is 0.475. The highest BCUT2D eigenvalue weighted by molar-refractivity contribution is 6.42. The summed E-state index contributed by atoms with van der Waals surface area (Å²) in [5.41, 5.74) is 3.08. The molecule has 2 aromatic rings. The molecule has 0 fully saturated rings. The number of halogens is 2. The van der Waals surface area contributed by atoms with Crippen LogP contribution in [-0.4, -0.2) is 5.91 Å². The van der Waals surface area contributed by atoms with Gasteiger partial charge in [-0.05, 0) is 47.7 Å². The van der Waals surface area contributed by atoms with Crippen LogP contribution in [0, 0.1) is 0 Å². The van der Waals surface area contributed by atoms with Crippen molar-refractivity contribution in [1.29, 1.82) is 0 Å². The van der Waals surface area contributed by atoms with E-state index in [4.69, 9.17) is 23.2 Å². The molecule has 0 atom stereocenters. The standard InChI is InChI=1S/C18H19Cl2NO/c1-12(2)14-5-7-15(8-6-14)21-18(22)10-4-13-3-9-16(19)17(20)11-13/h3,5-9,11-12H,4,10H2,1-2H3,(H,21,22). The van der Waals surface area contributed by atoms with Crippen LogP contribution in [0.25, 0.3) is 0 Å². The largest absolute Gasteiger partial charge is 0.326 e. The van der Waals surface area contributed by atoms with Gasteiger partial charge in [0.15, 0.2) is 0 Å². The van der Waals surface area contributed by atoms with Crippen LogP contribution in [-0.2, 0) is 11.2 Å². The molecular formula is C18H19Cl2NO. The summed E-state index contributed by atoms with van der Waals surface area (Å²) in [6.45, 7) is 4.29. The van der Waals surface area contributed by atoms with Crippen LogP contribution >= 0.6 is 23.2 Å². The summed E-state index contributed by atoms with van der Waals surface area (Å²) in [4.78, 5) is 12.0. The topological polar surface area (TPSA) is 29.1 Å². The number of benzene rings is 2. The number of hydrogen-bond donors (Lipinski definition) is 1. The Morgan fingerprint density at radius 2 is 1.73 bits per heavy atom. The van der Waals surface area contributed by atoms with Gasteiger partial charge in [0.25, 0.3) is 0 Å². The molecule has 0 saturated carbocycles. The van der Waals surface area contributed by atoms with Crippen LogP contribution in [0.1, 0.15) is 37.3 Å². The van der Waals surface area contributed by atoms with Gasteiger partial charge in [0.1, 0.15) is 0 Å². The zero-order valence-corrected chi connectivity index (χ0v) is 14.2. The lowest BCUT2D eigenvalue weighted by Gasteiger charge is -2.09. The minimum atomic E-state index is -0.0108. The van der Waals surface area contributed by atoms with Crippen molar-refractivity contribution in [1.82, 2.24) is 0 Å². The Labute approximate surface area is 141 Å². The second-order valence-electron chi connectivity index (χ2n) is 5.57. The number of nitrogens with one attached hydrogen (secondary N) is 1. The van der Waals surface area contributed by atoms with Gasteiger partial charge in [0.05, 0.1) is 10.0 Å². The maximum Gasteiger partial charge on any atom is 0.224 e. The molecule has 0 aliphatic heterocycles. The van der Waals surface area contributed by atoms with Crippen molar-refractivity contribution in [3.8, 4) is 0 Å². The lowest BCUT2D eigenvalue weighted by Crippen LogP contribution is -2.12. The maximum absolute atomic E-state index is 12.0. The number of carbonyl (C=O) groups excluding carboxylic acids is 1. The van der Waals surface area contributed by atoms with Gasteiger partial charge in [-0.25, -0.2) is 0 Å². The van der Waals surface area contributed by atoms with Crippen LogP contribution in [0.15, 0.2) is 42.5 Å². The van der Waals surface area contributed by atoms with Crippen LogP contribution in [0.3, 0.4) is 0 Å². The Kier molecular flexibility index (Phi) is 5.87. The van der Waals surface area contributed by atoms with Crippen LogP contribution in [0.2, 0.25) is 10.0 Å². The fourth-order valence-corrected chi connectivity index (χ4v) is 2.45. The molecule has 0 bridgehead atoms. The Morgan fingerprint density at radius 1 is 1.05 bits per heavy atom. The first-order chi connectivity index (χ1) is 10.5. The first-order valence-electron chi connectivity index (χ1n) is 7.29. The number of aryl methyl sites for hydroxylation is 1. The molecule has 4 heteroatoms. The van der Waals surface area contributed by atoms with Gasteiger partial charge in [0.2, 0.25) is 5.91 Å². The lowest BCUT2D eigenvalue weighted by atomic mass is 10.0. The fourth-order valence-electron chi connectivity index (χ4n) is 2.13. The minimum Gasteiger partial charge on any atom is -0.326 e. The van der Waals surface area contributed by atoms with E-state index in [1.54, 1.807) is 12.1 Å². The monoisotopic (exact) mass is 335 g/mol. The van der Waals surface area contributed by atoms with E-state index < -0.39 is 0 Å². The Hall–Kier alpha value is -1.51. The molecule has 2 aromatic carbocycles. The first kappa shape index (κ1) is 16.9. The van der Waals surface area contributed by atoms with E-state index >= 15 is 0 Å². The van der Waals surface area contributed by atoms with Crippen LogP contribution < -0.4 is 5.32 Å². The highest BCUT2D eigenvalue weighted by atomic mass is 35.5. The van der Waals surface area contributed by atoms with E-state index in [-0.39, 0.29) is 5.91 Å². The van der Waals surface area contributed by atoms with E-state index in [2.05, 4.69) is 19.2 Å². The minimum absolute atomic E-state index is 0.0108. The average molecular weight is 336 g/mol. The van der Waals surface area contributed by atoms with Crippen molar-refractivity contribution in [3.63, 3.8) is 0 Å². The molecule has 0 saturated heterocycles. The molecular weight excluding hydrogens is 317 g/mol. The van der Waals surface area contributed by atoms with Gasteiger partial charge in [-0.15, -0.1) is 0 Å².